The van der Waals surface area contributed by atoms with Gasteiger partial charge in [0.2, 0.25) is 0 Å². The highest BCUT2D eigenvalue weighted by atomic mass is 32.2. The standard InChI is InChI=1S/C12H14F2N2O3S/c1-2-19-11(18)9(15)10(17)16-7-3-5-8(6-4-7)20-12(13)14/h3-6,9,12H,2,15H2,1H3,(H,16,17). The zero-order valence-electron chi connectivity index (χ0n) is 10.6. The molecule has 1 rings (SSSR count). The number of thioether (sulfide) groups is 1. The summed E-state index contributed by atoms with van der Waals surface area (Å²) in [6, 6.07) is 4.33. The van der Waals surface area contributed by atoms with Crippen molar-refractivity contribution in [3.63, 3.8) is 0 Å². The molecule has 0 aliphatic rings. The number of nitrogens with two attached hydrogens (primary N) is 1. The predicted octanol–water partition coefficient (Wildman–Crippen LogP) is 1.83. The minimum absolute atomic E-state index is 0.124. The van der Waals surface area contributed by atoms with Crippen molar-refractivity contribution in [2.75, 3.05) is 11.9 Å². The molecule has 0 fully saturated rings. The summed E-state index contributed by atoms with van der Waals surface area (Å²) in [5.74, 6) is -4.06. The highest BCUT2D eigenvalue weighted by molar-refractivity contribution is 7.99. The number of halogens is 2. The Morgan fingerprint density at radius 3 is 2.45 bits per heavy atom. The second-order valence-electron chi connectivity index (χ2n) is 3.62. The van der Waals surface area contributed by atoms with Gasteiger partial charge in [-0.05, 0) is 31.2 Å². The van der Waals surface area contributed by atoms with E-state index in [-0.39, 0.29) is 6.61 Å². The van der Waals surface area contributed by atoms with E-state index in [9.17, 15) is 18.4 Å². The first-order valence-corrected chi connectivity index (χ1v) is 6.60. The lowest BCUT2D eigenvalue weighted by atomic mass is 10.2. The van der Waals surface area contributed by atoms with Gasteiger partial charge < -0.3 is 15.8 Å². The number of rotatable bonds is 6. The third kappa shape index (κ3) is 5.14. The Bertz CT molecular complexity index is 468. The lowest BCUT2D eigenvalue weighted by Gasteiger charge is -2.11. The number of hydrogen-bond donors (Lipinski definition) is 2. The summed E-state index contributed by atoms with van der Waals surface area (Å²) >= 11 is 0.399. The molecule has 0 aromatic heterocycles. The zero-order valence-corrected chi connectivity index (χ0v) is 11.5. The zero-order chi connectivity index (χ0) is 15.1. The van der Waals surface area contributed by atoms with Gasteiger partial charge in [-0.25, -0.2) is 4.79 Å². The van der Waals surface area contributed by atoms with Crippen LogP contribution in [0.2, 0.25) is 0 Å². The predicted molar refractivity (Wildman–Crippen MR) is 71.5 cm³/mol. The molecule has 1 amide bonds. The van der Waals surface area contributed by atoms with Gasteiger partial charge in [-0.1, -0.05) is 11.8 Å². The van der Waals surface area contributed by atoms with Crippen LogP contribution in [0.3, 0.4) is 0 Å². The fourth-order valence-corrected chi connectivity index (χ4v) is 1.78. The van der Waals surface area contributed by atoms with Crippen LogP contribution in [0.4, 0.5) is 14.5 Å². The van der Waals surface area contributed by atoms with E-state index in [1.165, 1.54) is 24.3 Å². The molecule has 1 unspecified atom stereocenters. The van der Waals surface area contributed by atoms with Crippen LogP contribution in [-0.4, -0.2) is 30.3 Å². The second-order valence-corrected chi connectivity index (χ2v) is 4.69. The molecule has 1 aromatic rings. The van der Waals surface area contributed by atoms with E-state index in [0.717, 1.165) is 0 Å². The molecule has 1 atom stereocenters. The van der Waals surface area contributed by atoms with Gasteiger partial charge in [0, 0.05) is 10.6 Å². The van der Waals surface area contributed by atoms with Crippen LogP contribution in [-0.2, 0) is 14.3 Å². The third-order valence-electron chi connectivity index (χ3n) is 2.17. The third-order valence-corrected chi connectivity index (χ3v) is 2.89. The molecule has 0 aliphatic heterocycles. The molecule has 8 heteroatoms. The summed E-state index contributed by atoms with van der Waals surface area (Å²) in [5.41, 5.74) is 5.76. The van der Waals surface area contributed by atoms with Crippen molar-refractivity contribution in [1.29, 1.82) is 0 Å². The number of esters is 1. The summed E-state index contributed by atoms with van der Waals surface area (Å²) in [6.45, 7) is 1.72. The number of benzene rings is 1. The molecule has 0 aliphatic carbocycles. The van der Waals surface area contributed by atoms with Gasteiger partial charge in [-0.15, -0.1) is 0 Å². The SMILES string of the molecule is CCOC(=O)C(N)C(=O)Nc1ccc(SC(F)F)cc1. The van der Waals surface area contributed by atoms with E-state index in [0.29, 0.717) is 22.3 Å². The molecule has 0 heterocycles. The van der Waals surface area contributed by atoms with E-state index in [4.69, 9.17) is 5.73 Å². The van der Waals surface area contributed by atoms with Crippen LogP contribution in [0.15, 0.2) is 29.2 Å². The minimum atomic E-state index is -2.51. The minimum Gasteiger partial charge on any atom is -0.464 e. The number of hydrogen-bond acceptors (Lipinski definition) is 5. The van der Waals surface area contributed by atoms with Crippen molar-refractivity contribution in [2.24, 2.45) is 5.73 Å². The molecule has 3 N–H and O–H groups in total. The molecule has 5 nitrogen and oxygen atoms in total. The fourth-order valence-electron chi connectivity index (χ4n) is 1.28. The van der Waals surface area contributed by atoms with Gasteiger partial charge in [-0.3, -0.25) is 4.79 Å². The molecule has 0 saturated carbocycles. The fraction of sp³-hybridized carbons (Fsp3) is 0.333. The maximum Gasteiger partial charge on any atom is 0.332 e. The van der Waals surface area contributed by atoms with E-state index < -0.39 is 23.7 Å². The average molecular weight is 304 g/mol. The van der Waals surface area contributed by atoms with Gasteiger partial charge in [0.1, 0.15) is 0 Å². The molecule has 20 heavy (non-hydrogen) atoms. The van der Waals surface area contributed by atoms with Crippen molar-refractivity contribution in [1.82, 2.24) is 0 Å². The van der Waals surface area contributed by atoms with Crippen LogP contribution in [0.1, 0.15) is 6.92 Å². The number of carbonyl (C=O) groups is 2. The second kappa shape index (κ2) is 7.81. The van der Waals surface area contributed by atoms with Crippen molar-refractivity contribution < 1.29 is 23.1 Å². The number of anilines is 1. The number of ether oxygens (including phenoxy) is 1. The number of nitrogens with one attached hydrogen (secondary N) is 1. The normalized spacial score (nSPS) is 12.1. The van der Waals surface area contributed by atoms with Gasteiger partial charge in [0.25, 0.3) is 11.7 Å². The Morgan fingerprint density at radius 2 is 1.95 bits per heavy atom. The highest BCUT2D eigenvalue weighted by Crippen LogP contribution is 2.26. The smallest absolute Gasteiger partial charge is 0.332 e. The van der Waals surface area contributed by atoms with Gasteiger partial charge in [0.05, 0.1) is 6.61 Å². The van der Waals surface area contributed by atoms with E-state index in [1.54, 1.807) is 6.92 Å². The van der Waals surface area contributed by atoms with Crippen molar-refractivity contribution >= 4 is 29.3 Å². The first-order valence-electron chi connectivity index (χ1n) is 5.72. The Kier molecular flexibility index (Phi) is 6.40. The summed E-state index contributed by atoms with van der Waals surface area (Å²) in [7, 11) is 0. The molecule has 1 aromatic carbocycles. The van der Waals surface area contributed by atoms with Crippen LogP contribution >= 0.6 is 11.8 Å². The first-order chi connectivity index (χ1) is 9.43. The highest BCUT2D eigenvalue weighted by Gasteiger charge is 2.23. The maximum atomic E-state index is 12.1. The van der Waals surface area contributed by atoms with Gasteiger partial charge in [-0.2, -0.15) is 8.78 Å². The molecular formula is C12H14F2N2O3S. The van der Waals surface area contributed by atoms with Crippen LogP contribution in [0.25, 0.3) is 0 Å². The van der Waals surface area contributed by atoms with Crippen LogP contribution < -0.4 is 11.1 Å². The van der Waals surface area contributed by atoms with Crippen molar-refractivity contribution in [2.45, 2.75) is 23.6 Å². The lowest BCUT2D eigenvalue weighted by Crippen LogP contribution is -2.43. The van der Waals surface area contributed by atoms with Gasteiger partial charge >= 0.3 is 5.97 Å². The van der Waals surface area contributed by atoms with E-state index in [2.05, 4.69) is 10.1 Å². The Labute approximate surface area is 118 Å². The van der Waals surface area contributed by atoms with Crippen LogP contribution in [0.5, 0.6) is 0 Å². The largest absolute Gasteiger partial charge is 0.464 e. The van der Waals surface area contributed by atoms with Crippen LogP contribution in [0, 0.1) is 0 Å². The van der Waals surface area contributed by atoms with Crippen molar-refractivity contribution in [3.05, 3.63) is 24.3 Å². The Hall–Kier alpha value is -1.67. The summed E-state index contributed by atoms with van der Waals surface area (Å²) in [6.07, 6.45) is 0. The molecule has 0 saturated heterocycles. The van der Waals surface area contributed by atoms with E-state index >= 15 is 0 Å². The number of alkyl halides is 2. The van der Waals surface area contributed by atoms with Crippen molar-refractivity contribution in [3.8, 4) is 0 Å². The lowest BCUT2D eigenvalue weighted by molar-refractivity contribution is -0.146. The summed E-state index contributed by atoms with van der Waals surface area (Å²) in [4.78, 5) is 23.3. The monoisotopic (exact) mass is 304 g/mol. The Morgan fingerprint density at radius 1 is 1.35 bits per heavy atom. The quantitative estimate of drug-likeness (QED) is 0.476. The molecule has 110 valence electrons. The average Bonchev–Trinajstić information content (AvgIpc) is 2.39. The molecule has 0 radical (unpaired) electrons. The summed E-state index contributed by atoms with van der Waals surface area (Å²) < 4.78 is 28.9. The Balaban J connectivity index is 2.60. The molecule has 0 bridgehead atoms. The topological polar surface area (TPSA) is 81.4 Å². The number of carbonyl (C=O) groups excluding carboxylic acids is 2. The van der Waals surface area contributed by atoms with Gasteiger partial charge in [0.15, 0.2) is 6.04 Å². The molecule has 0 spiro atoms. The first kappa shape index (κ1) is 16.4. The van der Waals surface area contributed by atoms with E-state index in [1.807, 2.05) is 0 Å². The molecular weight excluding hydrogens is 290 g/mol. The maximum absolute atomic E-state index is 12.1. The summed E-state index contributed by atoms with van der Waals surface area (Å²) in [5, 5.41) is 2.40. The number of amides is 1.